The topological polar surface area (TPSA) is 65.4 Å². The number of hydrogen-bond acceptors (Lipinski definition) is 3. The summed E-state index contributed by atoms with van der Waals surface area (Å²) in [6.07, 6.45) is 0.282. The second-order valence-corrected chi connectivity index (χ2v) is 5.25. The maximum absolute atomic E-state index is 9.02. The molecular formula is C18H14N4. The Morgan fingerprint density at radius 3 is 2.55 bits per heavy atom. The molecule has 0 spiro atoms. The predicted molar refractivity (Wildman–Crippen MR) is 84.0 cm³/mol. The van der Waals surface area contributed by atoms with Crippen molar-refractivity contribution in [3.05, 3.63) is 65.0 Å². The second-order valence-electron chi connectivity index (χ2n) is 5.25. The number of benzene rings is 2. The van der Waals surface area contributed by atoms with Gasteiger partial charge in [-0.15, -0.1) is 0 Å². The molecule has 1 aromatic heterocycles. The van der Waals surface area contributed by atoms with E-state index in [1.807, 2.05) is 43.3 Å². The van der Waals surface area contributed by atoms with Gasteiger partial charge in [0.15, 0.2) is 0 Å². The average Bonchev–Trinajstić information content (AvgIpc) is 2.85. The highest BCUT2D eigenvalue weighted by Crippen LogP contribution is 2.20. The largest absolute Gasteiger partial charge is 0.323 e. The molecule has 22 heavy (non-hydrogen) atoms. The number of nitriles is 2. The third-order valence-corrected chi connectivity index (χ3v) is 3.64. The summed E-state index contributed by atoms with van der Waals surface area (Å²) in [7, 11) is 0. The number of rotatable bonds is 3. The Hall–Kier alpha value is -3.11. The van der Waals surface area contributed by atoms with Crippen LogP contribution in [-0.2, 0) is 13.0 Å². The molecule has 0 N–H and O–H groups in total. The fourth-order valence-corrected chi connectivity index (χ4v) is 2.54. The van der Waals surface area contributed by atoms with E-state index in [2.05, 4.69) is 27.8 Å². The molecule has 0 fully saturated rings. The molecular weight excluding hydrogens is 272 g/mol. The van der Waals surface area contributed by atoms with Crippen molar-refractivity contribution in [1.82, 2.24) is 9.55 Å². The highest BCUT2D eigenvalue weighted by molar-refractivity contribution is 5.77. The Labute approximate surface area is 128 Å². The van der Waals surface area contributed by atoms with Gasteiger partial charge >= 0.3 is 0 Å². The molecule has 0 saturated heterocycles. The van der Waals surface area contributed by atoms with E-state index < -0.39 is 0 Å². The molecule has 0 radical (unpaired) electrons. The van der Waals surface area contributed by atoms with Crippen LogP contribution in [0.15, 0.2) is 42.5 Å². The molecule has 0 unspecified atom stereocenters. The minimum absolute atomic E-state index is 0.282. The van der Waals surface area contributed by atoms with Gasteiger partial charge in [0, 0.05) is 6.54 Å². The monoisotopic (exact) mass is 286 g/mol. The average molecular weight is 286 g/mol. The maximum atomic E-state index is 9.02. The Balaban J connectivity index is 2.06. The zero-order chi connectivity index (χ0) is 15.5. The van der Waals surface area contributed by atoms with Crippen LogP contribution in [0.4, 0.5) is 0 Å². The molecule has 0 atom stereocenters. The number of aryl methyl sites for hydroxylation is 1. The summed E-state index contributed by atoms with van der Waals surface area (Å²) in [5, 5.41) is 17.9. The van der Waals surface area contributed by atoms with E-state index in [1.165, 1.54) is 0 Å². The van der Waals surface area contributed by atoms with Crippen molar-refractivity contribution in [1.29, 1.82) is 10.5 Å². The zero-order valence-electron chi connectivity index (χ0n) is 12.2. The Bertz CT molecular complexity index is 905. The van der Waals surface area contributed by atoms with Gasteiger partial charge in [0.25, 0.3) is 0 Å². The highest BCUT2D eigenvalue weighted by Gasteiger charge is 2.11. The van der Waals surface area contributed by atoms with Crippen LogP contribution in [-0.4, -0.2) is 9.55 Å². The van der Waals surface area contributed by atoms with Gasteiger partial charge in [0.1, 0.15) is 5.82 Å². The number of imidazole rings is 1. The van der Waals surface area contributed by atoms with E-state index in [9.17, 15) is 0 Å². The first-order valence-electron chi connectivity index (χ1n) is 7.03. The van der Waals surface area contributed by atoms with Crippen LogP contribution in [0, 0.1) is 29.6 Å². The van der Waals surface area contributed by atoms with Crippen LogP contribution in [0.3, 0.4) is 0 Å². The first-order chi connectivity index (χ1) is 10.7. The van der Waals surface area contributed by atoms with Crippen molar-refractivity contribution < 1.29 is 0 Å². The van der Waals surface area contributed by atoms with Gasteiger partial charge in [-0.05, 0) is 42.3 Å². The van der Waals surface area contributed by atoms with Gasteiger partial charge in [-0.1, -0.05) is 18.2 Å². The molecule has 0 aliphatic carbocycles. The zero-order valence-corrected chi connectivity index (χ0v) is 12.2. The Kier molecular flexibility index (Phi) is 3.60. The third-order valence-electron chi connectivity index (χ3n) is 3.64. The number of hydrogen-bond donors (Lipinski definition) is 0. The van der Waals surface area contributed by atoms with Crippen LogP contribution < -0.4 is 0 Å². The first kappa shape index (κ1) is 13.9. The molecule has 0 saturated carbocycles. The van der Waals surface area contributed by atoms with Gasteiger partial charge in [-0.3, -0.25) is 0 Å². The smallest absolute Gasteiger partial charge is 0.124 e. The normalized spacial score (nSPS) is 10.3. The third kappa shape index (κ3) is 2.55. The van der Waals surface area contributed by atoms with Crippen LogP contribution in [0.25, 0.3) is 11.0 Å². The maximum Gasteiger partial charge on any atom is 0.124 e. The van der Waals surface area contributed by atoms with Crippen LogP contribution in [0.2, 0.25) is 0 Å². The van der Waals surface area contributed by atoms with Gasteiger partial charge in [0.2, 0.25) is 0 Å². The number of aromatic nitrogens is 2. The molecule has 3 aromatic rings. The summed E-state index contributed by atoms with van der Waals surface area (Å²) >= 11 is 0. The highest BCUT2D eigenvalue weighted by atomic mass is 15.1. The van der Waals surface area contributed by atoms with E-state index in [-0.39, 0.29) is 6.42 Å². The molecule has 1 heterocycles. The summed E-state index contributed by atoms with van der Waals surface area (Å²) in [6, 6.07) is 17.9. The minimum atomic E-state index is 0.282. The summed E-state index contributed by atoms with van der Waals surface area (Å²) in [5.74, 6) is 0.771. The lowest BCUT2D eigenvalue weighted by atomic mass is 10.1. The Morgan fingerprint density at radius 1 is 1.09 bits per heavy atom. The van der Waals surface area contributed by atoms with Crippen molar-refractivity contribution >= 4 is 11.0 Å². The molecule has 4 nitrogen and oxygen atoms in total. The molecule has 2 aromatic carbocycles. The standard InChI is InChI=1S/C18H14N4/c1-13-2-7-17-16(10-13)21-18(8-9-19)22(17)12-15-5-3-14(11-20)4-6-15/h2-7,10H,8,12H2,1H3. The molecule has 0 amide bonds. The van der Waals surface area contributed by atoms with Crippen molar-refractivity contribution in [2.75, 3.05) is 0 Å². The van der Waals surface area contributed by atoms with Crippen LogP contribution in [0.5, 0.6) is 0 Å². The molecule has 0 aliphatic rings. The second kappa shape index (κ2) is 5.71. The fourth-order valence-electron chi connectivity index (χ4n) is 2.54. The molecule has 3 rings (SSSR count). The van der Waals surface area contributed by atoms with E-state index in [0.29, 0.717) is 12.1 Å². The summed E-state index contributed by atoms with van der Waals surface area (Å²) in [6.45, 7) is 2.67. The van der Waals surface area contributed by atoms with Crippen molar-refractivity contribution in [3.63, 3.8) is 0 Å². The van der Waals surface area contributed by atoms with Gasteiger partial charge in [-0.2, -0.15) is 10.5 Å². The van der Waals surface area contributed by atoms with Crippen LogP contribution >= 0.6 is 0 Å². The number of fused-ring (bicyclic) bond motifs is 1. The molecule has 4 heteroatoms. The van der Waals surface area contributed by atoms with E-state index in [1.54, 1.807) is 0 Å². The summed E-state index contributed by atoms with van der Waals surface area (Å²) < 4.78 is 2.07. The lowest BCUT2D eigenvalue weighted by Gasteiger charge is -2.08. The Morgan fingerprint density at radius 2 is 1.86 bits per heavy atom. The predicted octanol–water partition coefficient (Wildman–Crippen LogP) is 3.33. The minimum Gasteiger partial charge on any atom is -0.323 e. The van der Waals surface area contributed by atoms with Crippen molar-refractivity contribution in [3.8, 4) is 12.1 Å². The summed E-state index contributed by atoms with van der Waals surface area (Å²) in [5.41, 5.74) is 4.82. The van der Waals surface area contributed by atoms with Gasteiger partial charge in [0.05, 0.1) is 35.2 Å². The molecule has 0 aliphatic heterocycles. The molecule has 106 valence electrons. The van der Waals surface area contributed by atoms with Crippen molar-refractivity contribution in [2.45, 2.75) is 19.9 Å². The fraction of sp³-hybridized carbons (Fsp3) is 0.167. The van der Waals surface area contributed by atoms with Crippen molar-refractivity contribution in [2.24, 2.45) is 0 Å². The SMILES string of the molecule is Cc1ccc2c(c1)nc(CC#N)n2Cc1ccc(C#N)cc1. The van der Waals surface area contributed by atoms with Gasteiger partial charge < -0.3 is 4.57 Å². The van der Waals surface area contributed by atoms with Crippen LogP contribution in [0.1, 0.15) is 22.5 Å². The van der Waals surface area contributed by atoms with E-state index in [4.69, 9.17) is 10.5 Å². The lowest BCUT2D eigenvalue weighted by Crippen LogP contribution is -2.04. The molecule has 0 bridgehead atoms. The first-order valence-corrected chi connectivity index (χ1v) is 7.03. The summed E-state index contributed by atoms with van der Waals surface area (Å²) in [4.78, 5) is 4.58. The lowest BCUT2D eigenvalue weighted by molar-refractivity contribution is 0.769. The van der Waals surface area contributed by atoms with Gasteiger partial charge in [-0.25, -0.2) is 4.98 Å². The number of nitrogens with zero attached hydrogens (tertiary/aromatic N) is 4. The van der Waals surface area contributed by atoms with E-state index >= 15 is 0 Å². The quantitative estimate of drug-likeness (QED) is 0.741. The van der Waals surface area contributed by atoms with E-state index in [0.717, 1.165) is 28.0 Å².